The van der Waals surface area contributed by atoms with Crippen LogP contribution in [-0.2, 0) is 5.41 Å². The summed E-state index contributed by atoms with van der Waals surface area (Å²) in [5, 5.41) is 0. The van der Waals surface area contributed by atoms with Gasteiger partial charge in [0.15, 0.2) is 0 Å². The molecule has 0 saturated carbocycles. The SMILES string of the molecule is CCCCCCCCCCCCCCCC(C)(C)c1ccccc1.[H-].[Na+]. The van der Waals surface area contributed by atoms with Crippen molar-refractivity contribution in [3.05, 3.63) is 35.9 Å². The molecule has 0 N–H and O–H groups in total. The summed E-state index contributed by atoms with van der Waals surface area (Å²) in [6, 6.07) is 11.0. The molecule has 0 nitrogen and oxygen atoms in total. The van der Waals surface area contributed by atoms with E-state index in [1.165, 1.54) is 95.5 Å². The van der Waals surface area contributed by atoms with Crippen molar-refractivity contribution in [2.45, 2.75) is 116 Å². The quantitative estimate of drug-likeness (QED) is 0.286. The molecule has 0 radical (unpaired) electrons. The van der Waals surface area contributed by atoms with Crippen molar-refractivity contribution in [2.75, 3.05) is 0 Å². The molecule has 0 spiro atoms. The van der Waals surface area contributed by atoms with E-state index in [0.29, 0.717) is 5.41 Å². The molecule has 0 aliphatic rings. The van der Waals surface area contributed by atoms with Crippen molar-refractivity contribution >= 4 is 0 Å². The molecule has 0 atom stereocenters. The van der Waals surface area contributed by atoms with Crippen LogP contribution >= 0.6 is 0 Å². The molecule has 0 aliphatic carbocycles. The minimum absolute atomic E-state index is 0. The van der Waals surface area contributed by atoms with Gasteiger partial charge in [0.1, 0.15) is 0 Å². The summed E-state index contributed by atoms with van der Waals surface area (Å²) in [5.41, 5.74) is 1.82. The molecule has 0 bridgehead atoms. The Morgan fingerprint density at radius 2 is 1.04 bits per heavy atom. The van der Waals surface area contributed by atoms with Crippen LogP contribution in [0.1, 0.15) is 118 Å². The second kappa shape index (κ2) is 16.4. The minimum atomic E-state index is 0. The molecule has 0 fully saturated rings. The maximum Gasteiger partial charge on any atom is 1.00 e. The molecule has 1 heteroatoms. The number of hydrogen-bond acceptors (Lipinski definition) is 0. The van der Waals surface area contributed by atoms with E-state index in [0.717, 1.165) is 0 Å². The summed E-state index contributed by atoms with van der Waals surface area (Å²) in [6.45, 7) is 7.08. The Labute approximate surface area is 182 Å². The maximum absolute atomic E-state index is 2.39. The first kappa shape index (κ1) is 25.2. The number of unbranched alkanes of at least 4 members (excludes halogenated alkanes) is 12. The first-order valence-electron chi connectivity index (χ1n) is 10.7. The van der Waals surface area contributed by atoms with E-state index >= 15 is 0 Å². The molecule has 0 heterocycles. The third-order valence-corrected chi connectivity index (χ3v) is 5.46. The summed E-state index contributed by atoms with van der Waals surface area (Å²) in [4.78, 5) is 0. The third-order valence-electron chi connectivity index (χ3n) is 5.46. The van der Waals surface area contributed by atoms with E-state index in [4.69, 9.17) is 0 Å². The summed E-state index contributed by atoms with van der Waals surface area (Å²) in [6.07, 6.45) is 20.0. The van der Waals surface area contributed by atoms with Gasteiger partial charge in [0, 0.05) is 0 Å². The molecule has 1 aromatic carbocycles. The normalized spacial score (nSPS) is 11.3. The maximum atomic E-state index is 2.39. The van der Waals surface area contributed by atoms with Crippen LogP contribution in [0.15, 0.2) is 30.3 Å². The van der Waals surface area contributed by atoms with E-state index in [1.54, 1.807) is 0 Å². The van der Waals surface area contributed by atoms with Gasteiger partial charge in [0.25, 0.3) is 0 Å². The Morgan fingerprint density at radius 1 is 0.640 bits per heavy atom. The zero-order valence-electron chi connectivity index (χ0n) is 18.8. The van der Waals surface area contributed by atoms with Gasteiger partial charge in [-0.1, -0.05) is 135 Å². The van der Waals surface area contributed by atoms with Gasteiger partial charge < -0.3 is 1.43 Å². The van der Waals surface area contributed by atoms with Gasteiger partial charge in [-0.2, -0.15) is 0 Å². The van der Waals surface area contributed by atoms with Crippen molar-refractivity contribution in [1.82, 2.24) is 0 Å². The molecular weight excluding hydrogens is 311 g/mol. The zero-order chi connectivity index (χ0) is 17.5. The van der Waals surface area contributed by atoms with E-state index in [9.17, 15) is 0 Å². The van der Waals surface area contributed by atoms with Gasteiger partial charge >= 0.3 is 29.6 Å². The summed E-state index contributed by atoms with van der Waals surface area (Å²) in [5.74, 6) is 0. The van der Waals surface area contributed by atoms with Crippen LogP contribution in [0.2, 0.25) is 0 Å². The van der Waals surface area contributed by atoms with Crippen LogP contribution in [0.3, 0.4) is 0 Å². The molecule has 0 unspecified atom stereocenters. The molecule has 0 amide bonds. The van der Waals surface area contributed by atoms with E-state index < -0.39 is 0 Å². The van der Waals surface area contributed by atoms with E-state index in [1.807, 2.05) is 0 Å². The number of rotatable bonds is 15. The van der Waals surface area contributed by atoms with Crippen molar-refractivity contribution in [2.24, 2.45) is 0 Å². The van der Waals surface area contributed by atoms with Crippen molar-refractivity contribution in [1.29, 1.82) is 0 Å². The Kier molecular flexibility index (Phi) is 16.5. The van der Waals surface area contributed by atoms with Gasteiger partial charge in [0.05, 0.1) is 0 Å². The van der Waals surface area contributed by atoms with Crippen molar-refractivity contribution in [3.8, 4) is 0 Å². The van der Waals surface area contributed by atoms with Crippen molar-refractivity contribution in [3.63, 3.8) is 0 Å². The smallest absolute Gasteiger partial charge is 1.00 e. The predicted molar refractivity (Wildman–Crippen MR) is 111 cm³/mol. The molecule has 0 aliphatic heterocycles. The molecule has 1 rings (SSSR count). The summed E-state index contributed by atoms with van der Waals surface area (Å²) in [7, 11) is 0. The first-order valence-corrected chi connectivity index (χ1v) is 10.7. The van der Waals surface area contributed by atoms with Crippen LogP contribution in [0.4, 0.5) is 0 Å². The van der Waals surface area contributed by atoms with Gasteiger partial charge in [-0.25, -0.2) is 0 Å². The monoisotopic (exact) mass is 354 g/mol. The third kappa shape index (κ3) is 13.1. The van der Waals surface area contributed by atoms with Gasteiger partial charge in [-0.3, -0.25) is 0 Å². The largest absolute Gasteiger partial charge is 1.00 e. The molecule has 1 aromatic rings. The van der Waals surface area contributed by atoms with Crippen LogP contribution in [0.25, 0.3) is 0 Å². The zero-order valence-corrected chi connectivity index (χ0v) is 19.8. The minimum Gasteiger partial charge on any atom is -1.00 e. The number of benzene rings is 1. The van der Waals surface area contributed by atoms with Gasteiger partial charge in [-0.05, 0) is 17.4 Å². The second-order valence-corrected chi connectivity index (χ2v) is 8.24. The topological polar surface area (TPSA) is 0 Å². The fraction of sp³-hybridized carbons (Fsp3) is 0.750. The Bertz CT molecular complexity index is 388. The average molecular weight is 355 g/mol. The van der Waals surface area contributed by atoms with Gasteiger partial charge in [0.2, 0.25) is 0 Å². The molecular formula is C24H43Na. The molecule has 25 heavy (non-hydrogen) atoms. The van der Waals surface area contributed by atoms with E-state index in [2.05, 4.69) is 51.1 Å². The summed E-state index contributed by atoms with van der Waals surface area (Å²) >= 11 is 0. The standard InChI is InChI=1S/C24H42.Na.H/c1-4-5-6-7-8-9-10-11-12-13-14-15-19-22-24(2,3)23-20-17-16-18-21-23;;/h16-18,20-21H,4-15,19,22H2,1-3H3;;/q;+1;-1. The van der Waals surface area contributed by atoms with Crippen LogP contribution in [0, 0.1) is 0 Å². The predicted octanol–water partition coefficient (Wildman–Crippen LogP) is 5.56. The first-order chi connectivity index (χ1) is 11.7. The van der Waals surface area contributed by atoms with Crippen LogP contribution in [0.5, 0.6) is 0 Å². The van der Waals surface area contributed by atoms with Crippen molar-refractivity contribution < 1.29 is 31.0 Å². The van der Waals surface area contributed by atoms with Gasteiger partial charge in [-0.15, -0.1) is 0 Å². The fourth-order valence-electron chi connectivity index (χ4n) is 3.62. The second-order valence-electron chi connectivity index (χ2n) is 8.24. The Morgan fingerprint density at radius 3 is 1.48 bits per heavy atom. The Balaban J connectivity index is 0. The van der Waals surface area contributed by atoms with E-state index in [-0.39, 0.29) is 31.0 Å². The average Bonchev–Trinajstić information content (AvgIpc) is 2.60. The van der Waals surface area contributed by atoms with Crippen LogP contribution in [-0.4, -0.2) is 0 Å². The summed E-state index contributed by atoms with van der Waals surface area (Å²) < 4.78 is 0. The molecule has 140 valence electrons. The molecule has 0 aromatic heterocycles. The fourth-order valence-corrected chi connectivity index (χ4v) is 3.62. The number of hydrogen-bond donors (Lipinski definition) is 0. The van der Waals surface area contributed by atoms with Crippen LogP contribution < -0.4 is 29.6 Å². The Hall–Kier alpha value is 0.220. The molecule has 0 saturated heterocycles.